The lowest BCUT2D eigenvalue weighted by molar-refractivity contribution is -0.132. The Morgan fingerprint density at radius 2 is 1.21 bits per heavy atom. The van der Waals surface area contributed by atoms with Crippen molar-refractivity contribution < 1.29 is 19.1 Å². The first-order chi connectivity index (χ1) is 16.2. The van der Waals surface area contributed by atoms with E-state index in [0.717, 1.165) is 11.1 Å². The van der Waals surface area contributed by atoms with Crippen LogP contribution in [0.15, 0.2) is 60.7 Å². The Morgan fingerprint density at radius 3 is 1.59 bits per heavy atom. The van der Waals surface area contributed by atoms with Gasteiger partial charge in [-0.3, -0.25) is 9.59 Å². The molecule has 3 amide bonds. The maximum Gasteiger partial charge on any atom is 0.410 e. The van der Waals surface area contributed by atoms with Crippen LogP contribution in [0.3, 0.4) is 0 Å². The van der Waals surface area contributed by atoms with Gasteiger partial charge in [0.25, 0.3) is 0 Å². The van der Waals surface area contributed by atoms with Crippen LogP contribution in [0, 0.1) is 11.8 Å². The van der Waals surface area contributed by atoms with Crippen LogP contribution >= 0.6 is 0 Å². The van der Waals surface area contributed by atoms with Gasteiger partial charge in [-0.05, 0) is 44.7 Å². The average molecular weight is 466 g/mol. The van der Waals surface area contributed by atoms with Crippen LogP contribution < -0.4 is 10.6 Å². The molecule has 2 aromatic carbocycles. The topological polar surface area (TPSA) is 87.7 Å². The molecule has 7 heteroatoms. The molecule has 1 fully saturated rings. The third-order valence-corrected chi connectivity index (χ3v) is 5.76. The standard InChI is InChI=1S/C27H35N3O4/c1-27(2,3)34-26(33)30-18-22(24(31)28-16-14-20-10-6-4-7-11-20)23(19-30)25(32)29-17-15-21-12-8-5-9-13-21/h4-13,22-23H,14-19H2,1-3H3,(H,28,31)(H,29,32)/t22-,23-/m1/s1. The number of hydrogen-bond donors (Lipinski definition) is 2. The van der Waals surface area contributed by atoms with E-state index in [-0.39, 0.29) is 24.9 Å². The van der Waals surface area contributed by atoms with Gasteiger partial charge in [0, 0.05) is 26.2 Å². The number of carbonyl (C=O) groups is 3. The van der Waals surface area contributed by atoms with Crippen LogP contribution in [0.4, 0.5) is 4.79 Å². The second kappa shape index (κ2) is 11.7. The summed E-state index contributed by atoms with van der Waals surface area (Å²) in [6.45, 7) is 6.63. The van der Waals surface area contributed by atoms with Crippen LogP contribution in [-0.2, 0) is 27.2 Å². The van der Waals surface area contributed by atoms with Crippen molar-refractivity contribution in [2.75, 3.05) is 26.2 Å². The number of rotatable bonds is 8. The zero-order valence-corrected chi connectivity index (χ0v) is 20.3. The van der Waals surface area contributed by atoms with Gasteiger partial charge in [-0.1, -0.05) is 60.7 Å². The molecule has 0 radical (unpaired) electrons. The molecule has 0 saturated carbocycles. The SMILES string of the molecule is CC(C)(C)OC(=O)N1C[C@@H](C(=O)NCCc2ccccc2)[C@H](C(=O)NCCc2ccccc2)C1. The molecule has 0 aromatic heterocycles. The number of nitrogens with one attached hydrogen (secondary N) is 2. The van der Waals surface area contributed by atoms with Gasteiger partial charge in [0.05, 0.1) is 11.8 Å². The van der Waals surface area contributed by atoms with E-state index in [0.29, 0.717) is 25.9 Å². The maximum absolute atomic E-state index is 13.0. The fourth-order valence-corrected chi connectivity index (χ4v) is 4.02. The zero-order valence-electron chi connectivity index (χ0n) is 20.3. The molecule has 0 spiro atoms. The Bertz CT molecular complexity index is 891. The molecule has 1 heterocycles. The van der Waals surface area contributed by atoms with Crippen molar-refractivity contribution in [1.82, 2.24) is 15.5 Å². The molecule has 182 valence electrons. The summed E-state index contributed by atoms with van der Waals surface area (Å²) < 4.78 is 5.48. The van der Waals surface area contributed by atoms with Gasteiger partial charge in [-0.25, -0.2) is 4.79 Å². The van der Waals surface area contributed by atoms with Crippen LogP contribution in [0.2, 0.25) is 0 Å². The summed E-state index contributed by atoms with van der Waals surface area (Å²) in [7, 11) is 0. The van der Waals surface area contributed by atoms with Gasteiger partial charge in [-0.15, -0.1) is 0 Å². The van der Waals surface area contributed by atoms with Gasteiger partial charge in [0.1, 0.15) is 5.60 Å². The van der Waals surface area contributed by atoms with E-state index in [1.54, 1.807) is 20.8 Å². The highest BCUT2D eigenvalue weighted by Gasteiger charge is 2.44. The molecule has 0 unspecified atom stereocenters. The Balaban J connectivity index is 1.60. The lowest BCUT2D eigenvalue weighted by Crippen LogP contribution is -2.42. The zero-order chi connectivity index (χ0) is 24.6. The summed E-state index contributed by atoms with van der Waals surface area (Å²) >= 11 is 0. The smallest absolute Gasteiger partial charge is 0.410 e. The van der Waals surface area contributed by atoms with E-state index in [9.17, 15) is 14.4 Å². The van der Waals surface area contributed by atoms with E-state index in [1.165, 1.54) is 4.90 Å². The Hall–Kier alpha value is -3.35. The second-order valence-electron chi connectivity index (χ2n) is 9.65. The monoisotopic (exact) mass is 465 g/mol. The average Bonchev–Trinajstić information content (AvgIpc) is 3.25. The molecule has 2 N–H and O–H groups in total. The minimum Gasteiger partial charge on any atom is -0.444 e. The number of hydrogen-bond acceptors (Lipinski definition) is 4. The number of nitrogens with zero attached hydrogens (tertiary/aromatic N) is 1. The first kappa shape index (κ1) is 25.3. The lowest BCUT2D eigenvalue weighted by atomic mass is 9.94. The maximum atomic E-state index is 13.0. The van der Waals surface area contributed by atoms with Crippen molar-refractivity contribution in [2.45, 2.75) is 39.2 Å². The van der Waals surface area contributed by atoms with Gasteiger partial charge < -0.3 is 20.3 Å². The molecule has 0 aliphatic carbocycles. The summed E-state index contributed by atoms with van der Waals surface area (Å²) in [6.07, 6.45) is 0.889. The van der Waals surface area contributed by atoms with E-state index in [2.05, 4.69) is 10.6 Å². The fourth-order valence-electron chi connectivity index (χ4n) is 4.02. The van der Waals surface area contributed by atoms with Crippen molar-refractivity contribution >= 4 is 17.9 Å². The van der Waals surface area contributed by atoms with E-state index >= 15 is 0 Å². The van der Waals surface area contributed by atoms with Crippen LogP contribution in [0.5, 0.6) is 0 Å². The highest BCUT2D eigenvalue weighted by atomic mass is 16.6. The summed E-state index contributed by atoms with van der Waals surface area (Å²) in [4.78, 5) is 40.2. The number of ether oxygens (including phenoxy) is 1. The highest BCUT2D eigenvalue weighted by molar-refractivity contribution is 5.89. The fraction of sp³-hybridized carbons (Fsp3) is 0.444. The van der Waals surface area contributed by atoms with E-state index in [4.69, 9.17) is 4.74 Å². The summed E-state index contributed by atoms with van der Waals surface area (Å²) in [5.41, 5.74) is 1.60. The van der Waals surface area contributed by atoms with Crippen LogP contribution in [-0.4, -0.2) is 54.6 Å². The third kappa shape index (κ3) is 7.61. The Labute approximate surface area is 201 Å². The first-order valence-electron chi connectivity index (χ1n) is 11.8. The summed E-state index contributed by atoms with van der Waals surface area (Å²) in [6, 6.07) is 19.8. The normalized spacial score (nSPS) is 17.8. The molecular formula is C27H35N3O4. The predicted molar refractivity (Wildman–Crippen MR) is 131 cm³/mol. The largest absolute Gasteiger partial charge is 0.444 e. The molecular weight excluding hydrogens is 430 g/mol. The second-order valence-corrected chi connectivity index (χ2v) is 9.65. The summed E-state index contributed by atoms with van der Waals surface area (Å²) in [5.74, 6) is -1.68. The number of benzene rings is 2. The first-order valence-corrected chi connectivity index (χ1v) is 11.8. The van der Waals surface area contributed by atoms with Crippen molar-refractivity contribution in [1.29, 1.82) is 0 Å². The third-order valence-electron chi connectivity index (χ3n) is 5.76. The van der Waals surface area contributed by atoms with Crippen molar-refractivity contribution in [3.63, 3.8) is 0 Å². The molecule has 1 aliphatic rings. The van der Waals surface area contributed by atoms with Crippen molar-refractivity contribution in [2.24, 2.45) is 11.8 Å². The molecule has 34 heavy (non-hydrogen) atoms. The van der Waals surface area contributed by atoms with Crippen LogP contribution in [0.1, 0.15) is 31.9 Å². The van der Waals surface area contributed by atoms with Gasteiger partial charge >= 0.3 is 6.09 Å². The summed E-state index contributed by atoms with van der Waals surface area (Å²) in [5, 5.41) is 5.90. The lowest BCUT2D eigenvalue weighted by Gasteiger charge is -2.24. The number of amides is 3. The quantitative estimate of drug-likeness (QED) is 0.627. The Morgan fingerprint density at radius 1 is 0.794 bits per heavy atom. The molecule has 7 nitrogen and oxygen atoms in total. The predicted octanol–water partition coefficient (Wildman–Crippen LogP) is 3.19. The molecule has 2 atom stereocenters. The van der Waals surface area contributed by atoms with Gasteiger partial charge in [0.2, 0.25) is 11.8 Å². The van der Waals surface area contributed by atoms with Crippen molar-refractivity contribution in [3.05, 3.63) is 71.8 Å². The van der Waals surface area contributed by atoms with Gasteiger partial charge in [-0.2, -0.15) is 0 Å². The molecule has 1 saturated heterocycles. The van der Waals surface area contributed by atoms with Gasteiger partial charge in [0.15, 0.2) is 0 Å². The van der Waals surface area contributed by atoms with E-state index < -0.39 is 23.5 Å². The number of carbonyl (C=O) groups excluding carboxylic acids is 3. The minimum absolute atomic E-state index is 0.156. The molecule has 2 aromatic rings. The van der Waals surface area contributed by atoms with E-state index in [1.807, 2.05) is 60.7 Å². The van der Waals surface area contributed by atoms with Crippen LogP contribution in [0.25, 0.3) is 0 Å². The minimum atomic E-state index is -0.652. The Kier molecular flexibility index (Phi) is 8.68. The molecule has 3 rings (SSSR count). The highest BCUT2D eigenvalue weighted by Crippen LogP contribution is 2.26. The number of likely N-dealkylation sites (tertiary alicyclic amines) is 1. The molecule has 1 aliphatic heterocycles. The molecule has 0 bridgehead atoms. The van der Waals surface area contributed by atoms with Crippen molar-refractivity contribution in [3.8, 4) is 0 Å².